The number of nitrogens with one attached hydrogen (secondary N) is 2. The Hall–Kier alpha value is -2.98. The molecule has 1 saturated heterocycles. The number of aromatic amines is 1. The Morgan fingerprint density at radius 2 is 2.26 bits per heavy atom. The number of benzene rings is 2. The second kappa shape index (κ2) is 8.64. The van der Waals surface area contributed by atoms with Gasteiger partial charge in [-0.2, -0.15) is 0 Å². The first-order valence-corrected chi connectivity index (χ1v) is 10.9. The van der Waals surface area contributed by atoms with Gasteiger partial charge in [0.05, 0.1) is 41.6 Å². The molecular formula is C21H22BrN7O2. The maximum absolute atomic E-state index is 5.80. The molecule has 3 heterocycles. The van der Waals surface area contributed by atoms with Gasteiger partial charge in [-0.25, -0.2) is 9.67 Å². The lowest BCUT2D eigenvalue weighted by molar-refractivity contribution is 0.0925. The van der Waals surface area contributed by atoms with Crippen LogP contribution >= 0.6 is 15.9 Å². The number of tetrazole rings is 1. The van der Waals surface area contributed by atoms with E-state index < -0.39 is 0 Å². The molecule has 2 atom stereocenters. The molecule has 1 aliphatic rings. The van der Waals surface area contributed by atoms with Crippen LogP contribution in [-0.2, 0) is 11.3 Å². The van der Waals surface area contributed by atoms with Crippen LogP contribution in [0.3, 0.4) is 0 Å². The van der Waals surface area contributed by atoms with Crippen molar-refractivity contribution in [2.24, 2.45) is 0 Å². The lowest BCUT2D eigenvalue weighted by atomic mass is 10.0. The van der Waals surface area contributed by atoms with Gasteiger partial charge in [0, 0.05) is 12.3 Å². The van der Waals surface area contributed by atoms with E-state index in [-0.39, 0.29) is 12.1 Å². The van der Waals surface area contributed by atoms with Gasteiger partial charge in [-0.3, -0.25) is 0 Å². The number of anilines is 1. The fourth-order valence-electron chi connectivity index (χ4n) is 3.88. The van der Waals surface area contributed by atoms with Crippen molar-refractivity contribution in [3.63, 3.8) is 0 Å². The Morgan fingerprint density at radius 1 is 1.32 bits per heavy atom. The van der Waals surface area contributed by atoms with Gasteiger partial charge < -0.3 is 19.8 Å². The average Bonchev–Trinajstić information content (AvgIpc) is 3.54. The summed E-state index contributed by atoms with van der Waals surface area (Å²) < 4.78 is 13.9. The number of ether oxygens (including phenoxy) is 2. The molecule has 0 amide bonds. The van der Waals surface area contributed by atoms with Crippen LogP contribution < -0.4 is 10.1 Å². The fourth-order valence-corrected chi connectivity index (χ4v) is 4.44. The lowest BCUT2D eigenvalue weighted by Crippen LogP contribution is -2.23. The van der Waals surface area contributed by atoms with Crippen LogP contribution in [0.25, 0.3) is 11.0 Å². The average molecular weight is 484 g/mol. The van der Waals surface area contributed by atoms with E-state index >= 15 is 0 Å². The Bertz CT molecular complexity index is 1190. The third-order valence-electron chi connectivity index (χ3n) is 5.46. The molecular weight excluding hydrogens is 462 g/mol. The Labute approximate surface area is 187 Å². The molecule has 0 spiro atoms. The summed E-state index contributed by atoms with van der Waals surface area (Å²) in [6.07, 6.45) is 3.91. The van der Waals surface area contributed by atoms with E-state index in [9.17, 15) is 0 Å². The van der Waals surface area contributed by atoms with Gasteiger partial charge in [0.25, 0.3) is 0 Å². The van der Waals surface area contributed by atoms with Crippen LogP contribution in [-0.4, -0.2) is 50.0 Å². The number of halogens is 1. The first-order valence-electron chi connectivity index (χ1n) is 10.1. The van der Waals surface area contributed by atoms with Crippen LogP contribution in [0.4, 0.5) is 5.69 Å². The van der Waals surface area contributed by atoms with Gasteiger partial charge in [0.2, 0.25) is 0 Å². The zero-order chi connectivity index (χ0) is 21.2. The van der Waals surface area contributed by atoms with Crippen molar-refractivity contribution in [3.05, 3.63) is 58.6 Å². The smallest absolute Gasteiger partial charge is 0.178 e. The van der Waals surface area contributed by atoms with E-state index in [2.05, 4.69) is 46.7 Å². The summed E-state index contributed by atoms with van der Waals surface area (Å²) in [6.45, 7) is 1.41. The monoisotopic (exact) mass is 483 g/mol. The summed E-state index contributed by atoms with van der Waals surface area (Å²) in [4.78, 5) is 7.45. The zero-order valence-electron chi connectivity index (χ0n) is 17.0. The molecule has 0 saturated carbocycles. The fraction of sp³-hybridized carbons (Fsp3) is 0.333. The number of nitrogens with zero attached hydrogens (tertiary/aromatic N) is 5. The molecule has 2 unspecified atom stereocenters. The molecule has 160 valence electrons. The summed E-state index contributed by atoms with van der Waals surface area (Å²) in [5.74, 6) is 1.48. The molecule has 5 rings (SSSR count). The summed E-state index contributed by atoms with van der Waals surface area (Å²) in [6, 6.07) is 11.7. The SMILES string of the molecule is COc1ccc(C(Nc2ccc3nc[nH]c3c2)c2nnnn2CC2CCCO2)cc1Br. The van der Waals surface area contributed by atoms with Crippen molar-refractivity contribution in [3.8, 4) is 5.75 Å². The van der Waals surface area contributed by atoms with E-state index in [0.717, 1.165) is 57.8 Å². The second-order valence-electron chi connectivity index (χ2n) is 7.46. The summed E-state index contributed by atoms with van der Waals surface area (Å²) in [7, 11) is 1.65. The number of H-pyrrole nitrogens is 1. The lowest BCUT2D eigenvalue weighted by Gasteiger charge is -2.21. The molecule has 9 nitrogen and oxygen atoms in total. The second-order valence-corrected chi connectivity index (χ2v) is 8.31. The number of aromatic nitrogens is 6. The number of fused-ring (bicyclic) bond motifs is 1. The third-order valence-corrected chi connectivity index (χ3v) is 6.08. The standard InChI is InChI=1S/C21H22BrN7O2/c1-30-19-7-4-13(9-16(19)22)20(25-14-5-6-17-18(10-14)24-12-23-17)21-26-27-28-29(21)11-15-3-2-8-31-15/h4-7,9-10,12,15,20,25H,2-3,8,11H2,1H3,(H,23,24). The molecule has 1 aliphatic heterocycles. The van der Waals surface area contributed by atoms with E-state index in [1.54, 1.807) is 13.4 Å². The van der Waals surface area contributed by atoms with E-state index in [4.69, 9.17) is 9.47 Å². The predicted molar refractivity (Wildman–Crippen MR) is 119 cm³/mol. The molecule has 2 aromatic heterocycles. The van der Waals surface area contributed by atoms with Crippen LogP contribution in [0.1, 0.15) is 30.3 Å². The van der Waals surface area contributed by atoms with Gasteiger partial charge in [0.15, 0.2) is 5.82 Å². The van der Waals surface area contributed by atoms with Crippen molar-refractivity contribution in [1.82, 2.24) is 30.2 Å². The molecule has 0 bridgehead atoms. The highest BCUT2D eigenvalue weighted by atomic mass is 79.9. The molecule has 2 aromatic carbocycles. The highest BCUT2D eigenvalue weighted by molar-refractivity contribution is 9.10. The first-order chi connectivity index (χ1) is 15.2. The topological polar surface area (TPSA) is 103 Å². The normalized spacial score (nSPS) is 17.2. The predicted octanol–water partition coefficient (Wildman–Crippen LogP) is 3.70. The number of methoxy groups -OCH3 is 1. The number of rotatable bonds is 7. The van der Waals surface area contributed by atoms with Crippen molar-refractivity contribution >= 4 is 32.7 Å². The number of hydrogen-bond donors (Lipinski definition) is 2. The minimum atomic E-state index is -0.279. The van der Waals surface area contributed by atoms with Crippen molar-refractivity contribution in [1.29, 1.82) is 0 Å². The van der Waals surface area contributed by atoms with Gasteiger partial charge in [-0.05, 0) is 75.1 Å². The molecule has 2 N–H and O–H groups in total. The van der Waals surface area contributed by atoms with Gasteiger partial charge in [-0.15, -0.1) is 5.10 Å². The van der Waals surface area contributed by atoms with Crippen LogP contribution in [0.15, 0.2) is 47.2 Å². The quantitative estimate of drug-likeness (QED) is 0.412. The molecule has 0 radical (unpaired) electrons. The highest BCUT2D eigenvalue weighted by Gasteiger charge is 2.25. The van der Waals surface area contributed by atoms with E-state index in [0.29, 0.717) is 6.54 Å². The van der Waals surface area contributed by atoms with Crippen molar-refractivity contribution < 1.29 is 9.47 Å². The third kappa shape index (κ3) is 4.13. The van der Waals surface area contributed by atoms with E-state index in [1.807, 2.05) is 41.1 Å². The Kier molecular flexibility index (Phi) is 5.56. The maximum Gasteiger partial charge on any atom is 0.178 e. The summed E-state index contributed by atoms with van der Waals surface area (Å²) in [5, 5.41) is 16.2. The summed E-state index contributed by atoms with van der Waals surface area (Å²) >= 11 is 3.60. The number of hydrogen-bond acceptors (Lipinski definition) is 7. The van der Waals surface area contributed by atoms with Crippen molar-refractivity contribution in [2.75, 3.05) is 19.0 Å². The molecule has 1 fully saturated rings. The Balaban J connectivity index is 1.52. The maximum atomic E-state index is 5.80. The highest BCUT2D eigenvalue weighted by Crippen LogP contribution is 2.32. The minimum Gasteiger partial charge on any atom is -0.496 e. The molecule has 0 aliphatic carbocycles. The molecule has 10 heteroatoms. The summed E-state index contributed by atoms with van der Waals surface area (Å²) in [5.41, 5.74) is 3.80. The van der Waals surface area contributed by atoms with E-state index in [1.165, 1.54) is 0 Å². The van der Waals surface area contributed by atoms with Gasteiger partial charge in [0.1, 0.15) is 11.8 Å². The van der Waals surface area contributed by atoms with Crippen LogP contribution in [0, 0.1) is 0 Å². The molecule has 4 aromatic rings. The largest absolute Gasteiger partial charge is 0.496 e. The van der Waals surface area contributed by atoms with Crippen LogP contribution in [0.5, 0.6) is 5.75 Å². The first kappa shape index (κ1) is 20.0. The van der Waals surface area contributed by atoms with Gasteiger partial charge in [-0.1, -0.05) is 6.07 Å². The number of imidazole rings is 1. The Morgan fingerprint density at radius 3 is 3.06 bits per heavy atom. The minimum absolute atomic E-state index is 0.131. The zero-order valence-corrected chi connectivity index (χ0v) is 18.5. The van der Waals surface area contributed by atoms with Crippen molar-refractivity contribution in [2.45, 2.75) is 31.5 Å². The molecule has 31 heavy (non-hydrogen) atoms. The van der Waals surface area contributed by atoms with Crippen LogP contribution in [0.2, 0.25) is 0 Å². The van der Waals surface area contributed by atoms with Gasteiger partial charge >= 0.3 is 0 Å².